The third-order valence-electron chi connectivity index (χ3n) is 4.93. The number of benzene rings is 2. The molecule has 0 unspecified atom stereocenters. The number of hydrogen-bond acceptors (Lipinski definition) is 5. The Morgan fingerprint density at radius 2 is 2.00 bits per heavy atom. The third-order valence-corrected chi connectivity index (χ3v) is 4.93. The minimum absolute atomic E-state index is 0.197. The fourth-order valence-corrected chi connectivity index (χ4v) is 3.50. The summed E-state index contributed by atoms with van der Waals surface area (Å²) in [7, 11) is 0. The Morgan fingerprint density at radius 3 is 2.90 bits per heavy atom. The monoisotopic (exact) mass is 398 g/mol. The van der Waals surface area contributed by atoms with Crippen molar-refractivity contribution in [1.82, 2.24) is 19.9 Å². The van der Waals surface area contributed by atoms with Crippen molar-refractivity contribution in [2.75, 3.05) is 10.6 Å². The highest BCUT2D eigenvalue weighted by atomic mass is 16.4. The van der Waals surface area contributed by atoms with E-state index in [1.54, 1.807) is 18.3 Å². The van der Waals surface area contributed by atoms with E-state index < -0.39 is 5.97 Å². The summed E-state index contributed by atoms with van der Waals surface area (Å²) in [6.07, 6.45) is 5.06. The van der Waals surface area contributed by atoms with Crippen molar-refractivity contribution in [2.45, 2.75) is 6.54 Å². The molecule has 8 heteroatoms. The van der Waals surface area contributed by atoms with Gasteiger partial charge in [0.25, 0.3) is 0 Å². The SMILES string of the molecule is O=C(O)c1c[nH]c2cccc(Nc3nccc(NCc4ccc5[nH]ccc5c4)n3)c12. The number of fused-ring (bicyclic) bond motifs is 2. The number of aromatic carboxylic acids is 1. The van der Waals surface area contributed by atoms with E-state index in [1.807, 2.05) is 24.4 Å². The van der Waals surface area contributed by atoms with E-state index in [-0.39, 0.29) is 5.56 Å². The van der Waals surface area contributed by atoms with Gasteiger partial charge in [-0.2, -0.15) is 4.98 Å². The van der Waals surface area contributed by atoms with Crippen LogP contribution in [0.3, 0.4) is 0 Å². The van der Waals surface area contributed by atoms with Gasteiger partial charge < -0.3 is 25.7 Å². The van der Waals surface area contributed by atoms with Crippen LogP contribution < -0.4 is 10.6 Å². The molecule has 0 spiro atoms. The Hall–Kier alpha value is -4.33. The van der Waals surface area contributed by atoms with Gasteiger partial charge in [0.2, 0.25) is 5.95 Å². The number of aromatic amines is 2. The predicted molar refractivity (Wildman–Crippen MR) is 116 cm³/mol. The lowest BCUT2D eigenvalue weighted by Crippen LogP contribution is -2.04. The van der Waals surface area contributed by atoms with Gasteiger partial charge in [0.05, 0.1) is 11.3 Å². The van der Waals surface area contributed by atoms with Crippen LogP contribution in [0.2, 0.25) is 0 Å². The molecule has 0 atom stereocenters. The molecule has 30 heavy (non-hydrogen) atoms. The number of anilines is 3. The van der Waals surface area contributed by atoms with E-state index in [4.69, 9.17) is 0 Å². The van der Waals surface area contributed by atoms with Crippen LogP contribution in [-0.2, 0) is 6.54 Å². The highest BCUT2D eigenvalue weighted by Crippen LogP contribution is 2.28. The summed E-state index contributed by atoms with van der Waals surface area (Å²) in [5.74, 6) is 0.0544. The number of nitrogens with one attached hydrogen (secondary N) is 4. The molecule has 3 aromatic heterocycles. The number of carboxylic acid groups (broad SMARTS) is 1. The largest absolute Gasteiger partial charge is 0.478 e. The molecule has 5 rings (SSSR count). The lowest BCUT2D eigenvalue weighted by molar-refractivity contribution is 0.0699. The maximum atomic E-state index is 11.5. The molecule has 0 aliphatic heterocycles. The highest BCUT2D eigenvalue weighted by molar-refractivity contribution is 6.09. The molecule has 2 aromatic carbocycles. The molecule has 5 N–H and O–H groups in total. The van der Waals surface area contributed by atoms with E-state index in [0.29, 0.717) is 29.4 Å². The van der Waals surface area contributed by atoms with Gasteiger partial charge in [-0.05, 0) is 47.3 Å². The van der Waals surface area contributed by atoms with Crippen molar-refractivity contribution in [1.29, 1.82) is 0 Å². The van der Waals surface area contributed by atoms with E-state index in [1.165, 1.54) is 6.20 Å². The first-order valence-corrected chi connectivity index (χ1v) is 9.41. The Balaban J connectivity index is 1.37. The number of carboxylic acids is 1. The number of H-pyrrole nitrogens is 2. The van der Waals surface area contributed by atoms with Gasteiger partial charge >= 0.3 is 5.97 Å². The molecule has 5 aromatic rings. The Labute approximate surface area is 171 Å². The van der Waals surface area contributed by atoms with Crippen molar-refractivity contribution in [3.05, 3.63) is 78.2 Å². The van der Waals surface area contributed by atoms with Gasteiger partial charge in [0, 0.05) is 41.6 Å². The van der Waals surface area contributed by atoms with E-state index in [9.17, 15) is 9.90 Å². The summed E-state index contributed by atoms with van der Waals surface area (Å²) in [4.78, 5) is 26.5. The van der Waals surface area contributed by atoms with Gasteiger partial charge in [0.15, 0.2) is 0 Å². The van der Waals surface area contributed by atoms with E-state index in [0.717, 1.165) is 22.0 Å². The fraction of sp³-hybridized carbons (Fsp3) is 0.0455. The molecule has 0 saturated heterocycles. The van der Waals surface area contributed by atoms with E-state index in [2.05, 4.69) is 48.8 Å². The lowest BCUT2D eigenvalue weighted by Gasteiger charge is -2.10. The van der Waals surface area contributed by atoms with Crippen molar-refractivity contribution < 1.29 is 9.90 Å². The Morgan fingerprint density at radius 1 is 1.07 bits per heavy atom. The average Bonchev–Trinajstić information content (AvgIpc) is 3.39. The molecule has 8 nitrogen and oxygen atoms in total. The summed E-state index contributed by atoms with van der Waals surface area (Å²) in [5, 5.41) is 17.6. The van der Waals surface area contributed by atoms with Crippen LogP contribution in [0.4, 0.5) is 17.5 Å². The molecule has 0 bridgehead atoms. The first-order chi connectivity index (χ1) is 14.7. The average molecular weight is 398 g/mol. The second kappa shape index (κ2) is 7.25. The molecule has 0 aliphatic rings. The van der Waals surface area contributed by atoms with Crippen molar-refractivity contribution >= 4 is 45.2 Å². The minimum Gasteiger partial charge on any atom is -0.478 e. The smallest absolute Gasteiger partial charge is 0.337 e. The van der Waals surface area contributed by atoms with Crippen LogP contribution in [0.25, 0.3) is 21.8 Å². The van der Waals surface area contributed by atoms with Crippen LogP contribution in [0, 0.1) is 0 Å². The van der Waals surface area contributed by atoms with Gasteiger partial charge in [-0.25, -0.2) is 9.78 Å². The second-order valence-electron chi connectivity index (χ2n) is 6.88. The first-order valence-electron chi connectivity index (χ1n) is 9.41. The summed E-state index contributed by atoms with van der Waals surface area (Å²) in [6, 6.07) is 15.5. The molecule has 0 fully saturated rings. The molecule has 0 saturated carbocycles. The first kappa shape index (κ1) is 17.7. The van der Waals surface area contributed by atoms with Gasteiger partial charge in [-0.3, -0.25) is 0 Å². The van der Waals surface area contributed by atoms with Crippen LogP contribution in [0.1, 0.15) is 15.9 Å². The summed E-state index contributed by atoms with van der Waals surface area (Å²) in [5.41, 5.74) is 3.79. The quantitative estimate of drug-likeness (QED) is 0.287. The topological polar surface area (TPSA) is 119 Å². The van der Waals surface area contributed by atoms with Crippen molar-refractivity contribution in [3.8, 4) is 0 Å². The predicted octanol–water partition coefficient (Wildman–Crippen LogP) is 4.49. The zero-order valence-corrected chi connectivity index (χ0v) is 15.8. The number of rotatable bonds is 6. The highest BCUT2D eigenvalue weighted by Gasteiger charge is 2.14. The van der Waals surface area contributed by atoms with Gasteiger partial charge in [-0.1, -0.05) is 12.1 Å². The zero-order chi connectivity index (χ0) is 20.5. The Kier molecular flexibility index (Phi) is 4.29. The maximum Gasteiger partial charge on any atom is 0.337 e. The van der Waals surface area contributed by atoms with Crippen LogP contribution >= 0.6 is 0 Å². The summed E-state index contributed by atoms with van der Waals surface area (Å²) in [6.45, 7) is 0.619. The lowest BCUT2D eigenvalue weighted by atomic mass is 10.1. The Bertz CT molecular complexity index is 1370. The standard InChI is InChI=1S/C22H18N6O2/c29-21(30)15-12-25-17-2-1-3-18(20(15)17)27-22-24-9-7-19(28-22)26-11-13-4-5-16-14(10-13)6-8-23-16/h1-10,12,23,25H,11H2,(H,29,30)(H2,24,26,27,28). The summed E-state index contributed by atoms with van der Waals surface area (Å²) < 4.78 is 0. The van der Waals surface area contributed by atoms with Crippen molar-refractivity contribution in [3.63, 3.8) is 0 Å². The van der Waals surface area contributed by atoms with E-state index >= 15 is 0 Å². The summed E-state index contributed by atoms with van der Waals surface area (Å²) >= 11 is 0. The van der Waals surface area contributed by atoms with Gasteiger partial charge in [-0.15, -0.1) is 0 Å². The number of nitrogens with zero attached hydrogens (tertiary/aromatic N) is 2. The third kappa shape index (κ3) is 3.30. The number of hydrogen-bond donors (Lipinski definition) is 5. The molecule has 148 valence electrons. The molecular formula is C22H18N6O2. The second-order valence-corrected chi connectivity index (χ2v) is 6.88. The minimum atomic E-state index is -0.994. The van der Waals surface area contributed by atoms with Crippen LogP contribution in [0.5, 0.6) is 0 Å². The maximum absolute atomic E-state index is 11.5. The molecule has 0 amide bonds. The van der Waals surface area contributed by atoms with Crippen molar-refractivity contribution in [2.24, 2.45) is 0 Å². The molecule has 0 aliphatic carbocycles. The van der Waals surface area contributed by atoms with Crippen LogP contribution in [-0.4, -0.2) is 31.0 Å². The van der Waals surface area contributed by atoms with Crippen LogP contribution in [0.15, 0.2) is 67.1 Å². The molecule has 3 heterocycles. The number of aromatic nitrogens is 4. The zero-order valence-electron chi connectivity index (χ0n) is 15.8. The fourth-order valence-electron chi connectivity index (χ4n) is 3.50. The molecular weight excluding hydrogens is 380 g/mol. The van der Waals surface area contributed by atoms with Gasteiger partial charge in [0.1, 0.15) is 5.82 Å². The number of carbonyl (C=O) groups is 1. The normalized spacial score (nSPS) is 11.1. The molecule has 0 radical (unpaired) electrons.